The summed E-state index contributed by atoms with van der Waals surface area (Å²) in [6.07, 6.45) is -2.88. The summed E-state index contributed by atoms with van der Waals surface area (Å²) in [5.41, 5.74) is 0.630. The SMILES string of the molecule is NS(=O)(=O)c1ccc(-n2cc(-c3ccc(C(F)(F)F)cc3)nn2)cc1. The molecule has 130 valence electrons. The largest absolute Gasteiger partial charge is 0.416 e. The lowest BCUT2D eigenvalue weighted by molar-refractivity contribution is -0.137. The van der Waals surface area contributed by atoms with Gasteiger partial charge in [-0.25, -0.2) is 18.2 Å². The van der Waals surface area contributed by atoms with Crippen molar-refractivity contribution in [2.45, 2.75) is 11.1 Å². The van der Waals surface area contributed by atoms with Crippen LogP contribution in [0.15, 0.2) is 59.6 Å². The quantitative estimate of drug-likeness (QED) is 0.769. The van der Waals surface area contributed by atoms with Gasteiger partial charge in [0.15, 0.2) is 0 Å². The van der Waals surface area contributed by atoms with Crippen LogP contribution in [0, 0.1) is 0 Å². The lowest BCUT2D eigenvalue weighted by Gasteiger charge is -2.06. The second kappa shape index (κ2) is 5.97. The first-order valence-corrected chi connectivity index (χ1v) is 8.42. The fourth-order valence-electron chi connectivity index (χ4n) is 2.14. The fraction of sp³-hybridized carbons (Fsp3) is 0.0667. The molecule has 0 radical (unpaired) electrons. The van der Waals surface area contributed by atoms with Crippen LogP contribution in [-0.2, 0) is 16.2 Å². The molecule has 0 aliphatic rings. The van der Waals surface area contributed by atoms with Crippen LogP contribution in [0.1, 0.15) is 5.56 Å². The van der Waals surface area contributed by atoms with Gasteiger partial charge in [0.05, 0.1) is 22.3 Å². The van der Waals surface area contributed by atoms with Gasteiger partial charge in [0.2, 0.25) is 10.0 Å². The Bertz CT molecular complexity index is 995. The van der Waals surface area contributed by atoms with Crippen LogP contribution in [0.4, 0.5) is 13.2 Å². The molecule has 3 rings (SSSR count). The lowest BCUT2D eigenvalue weighted by Crippen LogP contribution is -2.12. The maximum atomic E-state index is 12.6. The summed E-state index contributed by atoms with van der Waals surface area (Å²) in [4.78, 5) is -0.0423. The van der Waals surface area contributed by atoms with E-state index in [-0.39, 0.29) is 4.90 Å². The van der Waals surface area contributed by atoms with Crippen molar-refractivity contribution in [2.75, 3.05) is 0 Å². The van der Waals surface area contributed by atoms with Gasteiger partial charge in [-0.15, -0.1) is 5.10 Å². The van der Waals surface area contributed by atoms with E-state index in [1.54, 1.807) is 0 Å². The average Bonchev–Trinajstić information content (AvgIpc) is 3.03. The summed E-state index contributed by atoms with van der Waals surface area (Å²) in [5.74, 6) is 0. The lowest BCUT2D eigenvalue weighted by atomic mass is 10.1. The van der Waals surface area contributed by atoms with Crippen LogP contribution in [-0.4, -0.2) is 23.4 Å². The zero-order valence-electron chi connectivity index (χ0n) is 12.5. The smallest absolute Gasteiger partial charge is 0.225 e. The molecule has 2 N–H and O–H groups in total. The molecule has 2 aromatic carbocycles. The molecular formula is C15H11F3N4O2S. The first-order chi connectivity index (χ1) is 11.6. The number of hydrogen-bond donors (Lipinski definition) is 1. The van der Waals surface area contributed by atoms with E-state index in [0.29, 0.717) is 16.9 Å². The molecule has 0 spiro atoms. The van der Waals surface area contributed by atoms with Gasteiger partial charge in [-0.05, 0) is 36.4 Å². The molecule has 10 heteroatoms. The predicted octanol–water partition coefficient (Wildman–Crippen LogP) is 2.60. The Morgan fingerprint density at radius 3 is 2.08 bits per heavy atom. The number of benzene rings is 2. The third kappa shape index (κ3) is 3.69. The van der Waals surface area contributed by atoms with E-state index < -0.39 is 21.8 Å². The highest BCUT2D eigenvalue weighted by atomic mass is 32.2. The molecule has 0 saturated carbocycles. The first-order valence-electron chi connectivity index (χ1n) is 6.88. The molecule has 3 aromatic rings. The van der Waals surface area contributed by atoms with Crippen LogP contribution in [0.25, 0.3) is 16.9 Å². The number of rotatable bonds is 3. The maximum absolute atomic E-state index is 12.6. The highest BCUT2D eigenvalue weighted by molar-refractivity contribution is 7.89. The highest BCUT2D eigenvalue weighted by Crippen LogP contribution is 2.30. The second-order valence-corrected chi connectivity index (χ2v) is 6.72. The molecule has 25 heavy (non-hydrogen) atoms. The molecule has 0 bridgehead atoms. The molecule has 0 aliphatic carbocycles. The van der Waals surface area contributed by atoms with Gasteiger partial charge >= 0.3 is 6.18 Å². The normalized spacial score (nSPS) is 12.3. The second-order valence-electron chi connectivity index (χ2n) is 5.16. The Morgan fingerprint density at radius 1 is 0.960 bits per heavy atom. The van der Waals surface area contributed by atoms with Crippen LogP contribution in [0.3, 0.4) is 0 Å². The average molecular weight is 368 g/mol. The van der Waals surface area contributed by atoms with E-state index >= 15 is 0 Å². The third-order valence-electron chi connectivity index (χ3n) is 3.43. The monoisotopic (exact) mass is 368 g/mol. The van der Waals surface area contributed by atoms with Crippen molar-refractivity contribution < 1.29 is 21.6 Å². The molecule has 6 nitrogen and oxygen atoms in total. The molecule has 1 aromatic heterocycles. The van der Waals surface area contributed by atoms with E-state index in [2.05, 4.69) is 10.3 Å². The Labute approximate surface area is 140 Å². The van der Waals surface area contributed by atoms with Crippen molar-refractivity contribution in [3.8, 4) is 16.9 Å². The molecule has 1 heterocycles. The van der Waals surface area contributed by atoms with Crippen molar-refractivity contribution in [3.63, 3.8) is 0 Å². The molecule has 0 aliphatic heterocycles. The van der Waals surface area contributed by atoms with Crippen molar-refractivity contribution in [3.05, 3.63) is 60.3 Å². The summed E-state index contributed by atoms with van der Waals surface area (Å²) >= 11 is 0. The Morgan fingerprint density at radius 2 is 1.56 bits per heavy atom. The summed E-state index contributed by atoms with van der Waals surface area (Å²) in [6, 6.07) is 10.2. The Hall–Kier alpha value is -2.72. The Balaban J connectivity index is 1.87. The van der Waals surface area contributed by atoms with Crippen molar-refractivity contribution in [1.82, 2.24) is 15.0 Å². The number of aromatic nitrogens is 3. The summed E-state index contributed by atoms with van der Waals surface area (Å²) < 4.78 is 61.6. The van der Waals surface area contributed by atoms with Crippen molar-refractivity contribution >= 4 is 10.0 Å². The number of primary sulfonamides is 1. The van der Waals surface area contributed by atoms with Crippen LogP contribution >= 0.6 is 0 Å². The van der Waals surface area contributed by atoms with Crippen LogP contribution < -0.4 is 5.14 Å². The van der Waals surface area contributed by atoms with Crippen molar-refractivity contribution in [2.24, 2.45) is 5.14 Å². The standard InChI is InChI=1S/C15H11F3N4O2S/c16-15(17,18)11-3-1-10(2-4-11)14-9-22(21-20-14)12-5-7-13(8-6-12)25(19,23)24/h1-9H,(H2,19,23,24). The van der Waals surface area contributed by atoms with Gasteiger partial charge in [0.25, 0.3) is 0 Å². The number of nitrogens with zero attached hydrogens (tertiary/aromatic N) is 3. The molecule has 0 fully saturated rings. The summed E-state index contributed by atoms with van der Waals surface area (Å²) in [6.45, 7) is 0. The van der Waals surface area contributed by atoms with E-state index in [4.69, 9.17) is 5.14 Å². The van der Waals surface area contributed by atoms with Gasteiger partial charge in [-0.2, -0.15) is 13.2 Å². The number of halogens is 3. The molecule has 0 atom stereocenters. The minimum absolute atomic E-state index is 0.0423. The zero-order valence-corrected chi connectivity index (χ0v) is 13.3. The first kappa shape index (κ1) is 17.1. The van der Waals surface area contributed by atoms with Gasteiger partial charge in [0.1, 0.15) is 5.69 Å². The highest BCUT2D eigenvalue weighted by Gasteiger charge is 2.30. The molecule has 0 unspecified atom stereocenters. The Kier molecular flexibility index (Phi) is 4.09. The minimum atomic E-state index is -4.40. The number of hydrogen-bond acceptors (Lipinski definition) is 4. The summed E-state index contributed by atoms with van der Waals surface area (Å²) in [5, 5.41) is 12.8. The van der Waals surface area contributed by atoms with E-state index in [0.717, 1.165) is 12.1 Å². The van der Waals surface area contributed by atoms with Gasteiger partial charge < -0.3 is 0 Å². The number of alkyl halides is 3. The molecular weight excluding hydrogens is 357 g/mol. The minimum Gasteiger partial charge on any atom is -0.225 e. The van der Waals surface area contributed by atoms with Crippen LogP contribution in [0.2, 0.25) is 0 Å². The predicted molar refractivity (Wildman–Crippen MR) is 83.2 cm³/mol. The number of sulfonamides is 1. The van der Waals surface area contributed by atoms with E-state index in [1.807, 2.05) is 0 Å². The molecule has 0 saturated heterocycles. The van der Waals surface area contributed by atoms with E-state index in [9.17, 15) is 21.6 Å². The third-order valence-corrected chi connectivity index (χ3v) is 4.36. The van der Waals surface area contributed by atoms with Gasteiger partial charge in [-0.3, -0.25) is 0 Å². The topological polar surface area (TPSA) is 90.9 Å². The van der Waals surface area contributed by atoms with Crippen LogP contribution in [0.5, 0.6) is 0 Å². The van der Waals surface area contributed by atoms with Crippen molar-refractivity contribution in [1.29, 1.82) is 0 Å². The zero-order chi connectivity index (χ0) is 18.2. The van der Waals surface area contributed by atoms with E-state index in [1.165, 1.54) is 47.3 Å². The molecule has 0 amide bonds. The number of nitrogens with two attached hydrogens (primary N) is 1. The maximum Gasteiger partial charge on any atom is 0.416 e. The van der Waals surface area contributed by atoms with Gasteiger partial charge in [0, 0.05) is 5.56 Å². The fourth-order valence-corrected chi connectivity index (χ4v) is 2.66. The van der Waals surface area contributed by atoms with Gasteiger partial charge in [-0.1, -0.05) is 17.3 Å². The summed E-state index contributed by atoms with van der Waals surface area (Å²) in [7, 11) is -3.79.